The minimum absolute atomic E-state index is 0.549. The normalized spacial score (nSPS) is 11.2. The highest BCUT2D eigenvalue weighted by Crippen LogP contribution is 2.21. The number of halogens is 2. The molecule has 7 heteroatoms. The molecule has 2 aromatic carbocycles. The van der Waals surface area contributed by atoms with Crippen LogP contribution in [-0.4, -0.2) is 21.1 Å². The Morgan fingerprint density at radius 2 is 1.96 bits per heavy atom. The maximum atomic E-state index is 6.13. The summed E-state index contributed by atoms with van der Waals surface area (Å²) in [7, 11) is 0. The van der Waals surface area contributed by atoms with Crippen molar-refractivity contribution < 1.29 is 0 Å². The van der Waals surface area contributed by atoms with Crippen LogP contribution in [0.5, 0.6) is 0 Å². The summed E-state index contributed by atoms with van der Waals surface area (Å²) in [6.45, 7) is 0. The van der Waals surface area contributed by atoms with Crippen molar-refractivity contribution >= 4 is 41.2 Å². The molecule has 0 aliphatic carbocycles. The zero-order valence-corrected chi connectivity index (χ0v) is 14.3. The topological polar surface area (TPSA) is 43.1 Å². The molecule has 4 nitrogen and oxygen atoms in total. The molecule has 0 saturated carbocycles. The molecule has 116 valence electrons. The van der Waals surface area contributed by atoms with Crippen molar-refractivity contribution in [3.63, 3.8) is 0 Å². The van der Waals surface area contributed by atoms with Crippen LogP contribution in [0.15, 0.2) is 65.1 Å². The van der Waals surface area contributed by atoms with Gasteiger partial charge in [0, 0.05) is 16.3 Å². The van der Waals surface area contributed by atoms with Crippen LogP contribution < -0.4 is 0 Å². The fourth-order valence-electron chi connectivity index (χ4n) is 1.85. The number of thioether (sulfide) groups is 1. The van der Waals surface area contributed by atoms with Crippen LogP contribution in [0.4, 0.5) is 0 Å². The van der Waals surface area contributed by atoms with E-state index in [-0.39, 0.29) is 0 Å². The van der Waals surface area contributed by atoms with E-state index in [9.17, 15) is 0 Å². The predicted octanol–water partition coefficient (Wildman–Crippen LogP) is 4.76. The van der Waals surface area contributed by atoms with E-state index < -0.39 is 0 Å². The number of aromatic nitrogens is 3. The fraction of sp³-hybridized carbons (Fsp3) is 0.0625. The lowest BCUT2D eigenvalue weighted by atomic mass is 10.2. The van der Waals surface area contributed by atoms with Crippen LogP contribution in [-0.2, 0) is 5.75 Å². The van der Waals surface area contributed by atoms with Crippen molar-refractivity contribution in [2.45, 2.75) is 10.9 Å². The van der Waals surface area contributed by atoms with E-state index in [0.29, 0.717) is 10.0 Å². The summed E-state index contributed by atoms with van der Waals surface area (Å²) in [5, 5.41) is 14.2. The summed E-state index contributed by atoms with van der Waals surface area (Å²) in [5.74, 6) is 0.802. The summed E-state index contributed by atoms with van der Waals surface area (Å²) in [5.41, 5.74) is 2.00. The average Bonchev–Trinajstić information content (AvgIpc) is 3.00. The molecule has 1 heterocycles. The summed E-state index contributed by atoms with van der Waals surface area (Å²) in [4.78, 5) is 0. The predicted molar refractivity (Wildman–Crippen MR) is 95.5 cm³/mol. The van der Waals surface area contributed by atoms with Gasteiger partial charge in [0.2, 0.25) is 5.16 Å². The van der Waals surface area contributed by atoms with Crippen molar-refractivity contribution in [3.05, 3.63) is 76.0 Å². The van der Waals surface area contributed by atoms with Gasteiger partial charge in [0.25, 0.3) is 0 Å². The Hall–Kier alpha value is -1.82. The van der Waals surface area contributed by atoms with Crippen molar-refractivity contribution in [1.82, 2.24) is 14.9 Å². The van der Waals surface area contributed by atoms with Crippen LogP contribution in [0.25, 0.3) is 0 Å². The molecule has 1 aromatic heterocycles. The Kier molecular flexibility index (Phi) is 5.33. The van der Waals surface area contributed by atoms with Crippen LogP contribution >= 0.6 is 35.0 Å². The quantitative estimate of drug-likeness (QED) is 0.485. The number of rotatable bonds is 5. The van der Waals surface area contributed by atoms with E-state index in [1.165, 1.54) is 5.56 Å². The third-order valence-electron chi connectivity index (χ3n) is 2.99. The molecule has 0 atom stereocenters. The van der Waals surface area contributed by atoms with Gasteiger partial charge in [0.05, 0.1) is 11.2 Å². The van der Waals surface area contributed by atoms with E-state index in [0.717, 1.165) is 16.5 Å². The molecule has 0 saturated heterocycles. The minimum atomic E-state index is 0.549. The molecule has 23 heavy (non-hydrogen) atoms. The number of hydrogen-bond acceptors (Lipinski definition) is 4. The first-order valence-electron chi connectivity index (χ1n) is 6.78. The lowest BCUT2D eigenvalue weighted by Gasteiger charge is -2.02. The second-order valence-electron chi connectivity index (χ2n) is 4.64. The molecule has 0 aliphatic heterocycles. The molecule has 0 bridgehead atoms. The Labute approximate surface area is 148 Å². The molecule has 0 N–H and O–H groups in total. The van der Waals surface area contributed by atoms with Gasteiger partial charge in [-0.15, -0.1) is 10.2 Å². The highest BCUT2D eigenvalue weighted by molar-refractivity contribution is 7.98. The Bertz CT molecular complexity index is 818. The van der Waals surface area contributed by atoms with Gasteiger partial charge < -0.3 is 0 Å². The second kappa shape index (κ2) is 7.64. The van der Waals surface area contributed by atoms with Gasteiger partial charge in [0.1, 0.15) is 6.33 Å². The van der Waals surface area contributed by atoms with E-state index in [1.807, 2.05) is 24.3 Å². The summed E-state index contributed by atoms with van der Waals surface area (Å²) < 4.78 is 1.62. The third-order valence-corrected chi connectivity index (χ3v) is 4.56. The van der Waals surface area contributed by atoms with Gasteiger partial charge in [0.15, 0.2) is 0 Å². The SMILES string of the molecule is Clc1ccc(/C=N/n2cnnc2SCc2ccccc2)c(Cl)c1. The monoisotopic (exact) mass is 362 g/mol. The fourth-order valence-corrected chi connectivity index (χ4v) is 3.12. The number of hydrogen-bond donors (Lipinski definition) is 0. The van der Waals surface area contributed by atoms with E-state index in [1.54, 1.807) is 41.1 Å². The van der Waals surface area contributed by atoms with Gasteiger partial charge in [-0.05, 0) is 17.7 Å². The maximum absolute atomic E-state index is 6.13. The molecule has 0 spiro atoms. The minimum Gasteiger partial charge on any atom is -0.195 e. The molecular weight excluding hydrogens is 351 g/mol. The van der Waals surface area contributed by atoms with E-state index in [2.05, 4.69) is 27.4 Å². The van der Waals surface area contributed by atoms with Crippen LogP contribution in [0.2, 0.25) is 10.0 Å². The van der Waals surface area contributed by atoms with E-state index >= 15 is 0 Å². The van der Waals surface area contributed by atoms with Crippen LogP contribution in [0, 0.1) is 0 Å². The van der Waals surface area contributed by atoms with Gasteiger partial charge >= 0.3 is 0 Å². The smallest absolute Gasteiger partial charge is 0.195 e. The lowest BCUT2D eigenvalue weighted by Crippen LogP contribution is -1.93. The highest BCUT2D eigenvalue weighted by atomic mass is 35.5. The molecular formula is C16H12Cl2N4S. The maximum Gasteiger partial charge on any atom is 0.212 e. The Morgan fingerprint density at radius 3 is 2.74 bits per heavy atom. The molecule has 0 radical (unpaired) electrons. The molecule has 0 amide bonds. The molecule has 0 unspecified atom stereocenters. The van der Waals surface area contributed by atoms with Crippen molar-refractivity contribution in [2.24, 2.45) is 5.10 Å². The average molecular weight is 363 g/mol. The lowest BCUT2D eigenvalue weighted by molar-refractivity contribution is 0.767. The Morgan fingerprint density at radius 1 is 1.13 bits per heavy atom. The second-order valence-corrected chi connectivity index (χ2v) is 6.43. The standard InChI is InChI=1S/C16H12Cl2N4S/c17-14-7-6-13(15(18)8-14)9-20-22-11-19-21-16(22)23-10-12-4-2-1-3-5-12/h1-9,11H,10H2/b20-9+. The van der Waals surface area contributed by atoms with Gasteiger partial charge in [-0.1, -0.05) is 71.4 Å². The van der Waals surface area contributed by atoms with E-state index in [4.69, 9.17) is 23.2 Å². The summed E-state index contributed by atoms with van der Waals surface area (Å²) in [6.07, 6.45) is 3.22. The van der Waals surface area contributed by atoms with Crippen molar-refractivity contribution in [2.75, 3.05) is 0 Å². The summed E-state index contributed by atoms with van der Waals surface area (Å²) >= 11 is 13.6. The zero-order valence-electron chi connectivity index (χ0n) is 11.9. The van der Waals surface area contributed by atoms with Crippen LogP contribution in [0.1, 0.15) is 11.1 Å². The first kappa shape index (κ1) is 16.1. The van der Waals surface area contributed by atoms with Crippen molar-refractivity contribution in [1.29, 1.82) is 0 Å². The molecule has 3 aromatic rings. The molecule has 0 fully saturated rings. The zero-order chi connectivity index (χ0) is 16.1. The first-order chi connectivity index (χ1) is 11.2. The van der Waals surface area contributed by atoms with Crippen LogP contribution in [0.3, 0.4) is 0 Å². The molecule has 0 aliphatic rings. The van der Waals surface area contributed by atoms with Gasteiger partial charge in [-0.3, -0.25) is 0 Å². The first-order valence-corrected chi connectivity index (χ1v) is 8.53. The van der Waals surface area contributed by atoms with Gasteiger partial charge in [-0.2, -0.15) is 9.78 Å². The highest BCUT2D eigenvalue weighted by Gasteiger charge is 2.05. The third kappa shape index (κ3) is 4.34. The molecule has 3 rings (SSSR count). The van der Waals surface area contributed by atoms with Gasteiger partial charge in [-0.25, -0.2) is 0 Å². The Balaban J connectivity index is 1.72. The largest absolute Gasteiger partial charge is 0.212 e. The number of nitrogens with zero attached hydrogens (tertiary/aromatic N) is 4. The van der Waals surface area contributed by atoms with Crippen molar-refractivity contribution in [3.8, 4) is 0 Å². The summed E-state index contributed by atoms with van der Waals surface area (Å²) in [6, 6.07) is 15.4. The number of benzene rings is 2.